The number of carbonyl (C=O) groups excluding carboxylic acids is 1. The van der Waals surface area contributed by atoms with Gasteiger partial charge < -0.3 is 40.3 Å². The summed E-state index contributed by atoms with van der Waals surface area (Å²) < 4.78 is 11.2. The van der Waals surface area contributed by atoms with E-state index in [1.165, 1.54) is 83.5 Å². The van der Waals surface area contributed by atoms with Crippen molar-refractivity contribution in [2.24, 2.45) is 0 Å². The zero-order valence-electron chi connectivity index (χ0n) is 36.1. The van der Waals surface area contributed by atoms with Gasteiger partial charge in [-0.05, 0) is 64.2 Å². The van der Waals surface area contributed by atoms with Gasteiger partial charge in [0.05, 0.1) is 25.4 Å². The number of nitrogens with one attached hydrogen (secondary N) is 1. The molecule has 6 N–H and O–H groups in total. The first kappa shape index (κ1) is 52.9. The monoisotopic (exact) mass is 804 g/mol. The molecule has 0 saturated carbocycles. The van der Waals surface area contributed by atoms with Crippen molar-refractivity contribution in [3.8, 4) is 0 Å². The minimum absolute atomic E-state index is 0.206. The fourth-order valence-electron chi connectivity index (χ4n) is 6.89. The highest BCUT2D eigenvalue weighted by atomic mass is 16.7. The number of aliphatic hydroxyl groups is 5. The number of carbonyl (C=O) groups is 1. The lowest BCUT2D eigenvalue weighted by atomic mass is 9.99. The highest BCUT2D eigenvalue weighted by Gasteiger charge is 2.44. The number of unbranched alkanes of at least 4 members (excludes halogenated alkanes) is 19. The van der Waals surface area contributed by atoms with E-state index in [2.05, 4.69) is 67.8 Å². The Morgan fingerprint density at radius 1 is 0.614 bits per heavy atom. The molecule has 330 valence electrons. The third-order valence-corrected chi connectivity index (χ3v) is 10.6. The molecule has 1 rings (SSSR count). The fourth-order valence-corrected chi connectivity index (χ4v) is 6.89. The third-order valence-electron chi connectivity index (χ3n) is 10.6. The van der Waals surface area contributed by atoms with E-state index in [9.17, 15) is 30.3 Å². The molecule has 0 aliphatic carbocycles. The molecule has 0 bridgehead atoms. The molecule has 1 aliphatic rings. The van der Waals surface area contributed by atoms with Crippen molar-refractivity contribution < 1.29 is 39.8 Å². The van der Waals surface area contributed by atoms with Gasteiger partial charge in [0.2, 0.25) is 5.91 Å². The Balaban J connectivity index is 2.40. The number of allylic oxidation sites excluding steroid dienone is 9. The number of amides is 1. The van der Waals surface area contributed by atoms with Gasteiger partial charge in [-0.15, -0.1) is 0 Å². The fraction of sp³-hybridized carbons (Fsp3) is 0.771. The second-order valence-electron chi connectivity index (χ2n) is 15.8. The van der Waals surface area contributed by atoms with Gasteiger partial charge in [-0.25, -0.2) is 0 Å². The van der Waals surface area contributed by atoms with Gasteiger partial charge in [0, 0.05) is 6.42 Å². The Hall–Kier alpha value is -2.11. The molecule has 57 heavy (non-hydrogen) atoms. The van der Waals surface area contributed by atoms with E-state index in [0.29, 0.717) is 6.42 Å². The lowest BCUT2D eigenvalue weighted by molar-refractivity contribution is -0.302. The number of hydrogen-bond donors (Lipinski definition) is 6. The molecule has 0 aromatic heterocycles. The summed E-state index contributed by atoms with van der Waals surface area (Å²) >= 11 is 0. The van der Waals surface area contributed by atoms with Crippen molar-refractivity contribution in [2.75, 3.05) is 13.2 Å². The van der Waals surface area contributed by atoms with Gasteiger partial charge in [-0.3, -0.25) is 4.79 Å². The summed E-state index contributed by atoms with van der Waals surface area (Å²) in [5.74, 6) is -0.206. The Bertz CT molecular complexity index is 1070. The summed E-state index contributed by atoms with van der Waals surface area (Å²) in [6.45, 7) is 3.62. The van der Waals surface area contributed by atoms with E-state index < -0.39 is 49.5 Å². The van der Waals surface area contributed by atoms with Crippen molar-refractivity contribution >= 4 is 5.91 Å². The lowest BCUT2D eigenvalue weighted by Crippen LogP contribution is -2.60. The quantitative estimate of drug-likeness (QED) is 0.0269. The van der Waals surface area contributed by atoms with Crippen molar-refractivity contribution in [2.45, 2.75) is 224 Å². The molecule has 1 heterocycles. The zero-order chi connectivity index (χ0) is 41.6. The first-order valence-corrected chi connectivity index (χ1v) is 23.0. The Labute approximate surface area is 347 Å². The van der Waals surface area contributed by atoms with E-state index in [1.54, 1.807) is 6.08 Å². The normalized spacial score (nSPS) is 21.6. The molecule has 7 unspecified atom stereocenters. The Kier molecular flexibility index (Phi) is 35.4. The van der Waals surface area contributed by atoms with Gasteiger partial charge in [0.15, 0.2) is 6.29 Å². The van der Waals surface area contributed by atoms with Crippen LogP contribution in [-0.2, 0) is 14.3 Å². The van der Waals surface area contributed by atoms with Gasteiger partial charge >= 0.3 is 0 Å². The van der Waals surface area contributed by atoms with Crippen LogP contribution in [0.2, 0.25) is 0 Å². The molecule has 1 amide bonds. The molecule has 0 aromatic rings. The number of hydrogen-bond acceptors (Lipinski definition) is 8. The molecule has 0 spiro atoms. The molecule has 1 saturated heterocycles. The van der Waals surface area contributed by atoms with Crippen molar-refractivity contribution in [1.29, 1.82) is 0 Å². The standard InChI is InChI=1S/C48H85NO8/c1-3-5-7-9-11-13-15-17-19-20-21-22-24-25-27-29-31-33-35-37-42(51)41(40-56-48-47(55)46(54)45(53)43(39-50)57-48)49-44(52)38-36-34-32-30-28-26-23-18-16-14-12-10-8-6-4-2/h6,8,12,14,18,23,27,29,35,37,41-43,45-48,50-51,53-55H,3-5,7,9-11,13,15-17,19-22,24-26,28,30-34,36,38-40H2,1-2H3,(H,49,52)/b8-6-,14-12-,23-18-,29-27+,37-35+. The summed E-state index contributed by atoms with van der Waals surface area (Å²) in [4.78, 5) is 12.9. The third kappa shape index (κ3) is 28.9. The van der Waals surface area contributed by atoms with Crippen LogP contribution in [0.4, 0.5) is 0 Å². The maximum atomic E-state index is 12.9. The SMILES string of the molecule is CC/C=C\C/C=C\C/C=C\CCCCCCCC(=O)NC(COC1OC(CO)C(O)C(O)C1O)C(O)/C=C/CC/C=C/CCCCCCCCCCCCCCC. The summed E-state index contributed by atoms with van der Waals surface area (Å²) in [6, 6.07) is -0.832. The average molecular weight is 804 g/mol. The molecule has 1 aliphatic heterocycles. The lowest BCUT2D eigenvalue weighted by Gasteiger charge is -2.40. The van der Waals surface area contributed by atoms with Gasteiger partial charge in [-0.1, -0.05) is 171 Å². The number of aliphatic hydroxyl groups excluding tert-OH is 5. The molecule has 7 atom stereocenters. The zero-order valence-corrected chi connectivity index (χ0v) is 36.1. The van der Waals surface area contributed by atoms with Gasteiger partial charge in [0.1, 0.15) is 24.4 Å². The number of ether oxygens (including phenoxy) is 2. The summed E-state index contributed by atoms with van der Waals surface area (Å²) in [7, 11) is 0. The molecule has 0 radical (unpaired) electrons. The first-order chi connectivity index (χ1) is 27.8. The van der Waals surface area contributed by atoms with Crippen LogP contribution in [0.15, 0.2) is 60.8 Å². The molecule has 0 aromatic carbocycles. The topological polar surface area (TPSA) is 149 Å². The van der Waals surface area contributed by atoms with Crippen molar-refractivity contribution in [1.82, 2.24) is 5.32 Å². The predicted octanol–water partition coefficient (Wildman–Crippen LogP) is 9.61. The highest BCUT2D eigenvalue weighted by molar-refractivity contribution is 5.76. The molecular weight excluding hydrogens is 719 g/mol. The second-order valence-corrected chi connectivity index (χ2v) is 15.8. The Morgan fingerprint density at radius 3 is 1.68 bits per heavy atom. The van der Waals surface area contributed by atoms with Crippen LogP contribution in [0, 0.1) is 0 Å². The van der Waals surface area contributed by atoms with Crippen LogP contribution in [0.5, 0.6) is 0 Å². The predicted molar refractivity (Wildman–Crippen MR) is 235 cm³/mol. The van der Waals surface area contributed by atoms with Crippen LogP contribution >= 0.6 is 0 Å². The average Bonchev–Trinajstić information content (AvgIpc) is 3.21. The van der Waals surface area contributed by atoms with E-state index in [0.717, 1.165) is 77.0 Å². The highest BCUT2D eigenvalue weighted by Crippen LogP contribution is 2.22. The van der Waals surface area contributed by atoms with Gasteiger partial charge in [0.25, 0.3) is 0 Å². The second kappa shape index (κ2) is 38.1. The van der Waals surface area contributed by atoms with E-state index in [-0.39, 0.29) is 12.5 Å². The summed E-state index contributed by atoms with van der Waals surface area (Å²) in [6.07, 6.45) is 42.6. The molecule has 9 nitrogen and oxygen atoms in total. The van der Waals surface area contributed by atoms with Crippen molar-refractivity contribution in [3.05, 3.63) is 60.8 Å². The maximum Gasteiger partial charge on any atom is 0.220 e. The smallest absolute Gasteiger partial charge is 0.220 e. The minimum Gasteiger partial charge on any atom is -0.394 e. The summed E-state index contributed by atoms with van der Waals surface area (Å²) in [5, 5.41) is 54.1. The molecular formula is C48H85NO8. The number of rotatable bonds is 37. The van der Waals surface area contributed by atoms with Crippen LogP contribution in [0.1, 0.15) is 181 Å². The largest absolute Gasteiger partial charge is 0.394 e. The van der Waals surface area contributed by atoms with Crippen molar-refractivity contribution in [3.63, 3.8) is 0 Å². The van der Waals surface area contributed by atoms with E-state index >= 15 is 0 Å². The van der Waals surface area contributed by atoms with Crippen LogP contribution in [-0.4, -0.2) is 87.5 Å². The Morgan fingerprint density at radius 2 is 1.11 bits per heavy atom. The van der Waals surface area contributed by atoms with Crippen LogP contribution in [0.25, 0.3) is 0 Å². The van der Waals surface area contributed by atoms with Crippen LogP contribution < -0.4 is 5.32 Å². The minimum atomic E-state index is -1.58. The van der Waals surface area contributed by atoms with Crippen LogP contribution in [0.3, 0.4) is 0 Å². The van der Waals surface area contributed by atoms with E-state index in [4.69, 9.17) is 9.47 Å². The maximum absolute atomic E-state index is 12.9. The summed E-state index contributed by atoms with van der Waals surface area (Å²) in [5.41, 5.74) is 0. The van der Waals surface area contributed by atoms with E-state index in [1.807, 2.05) is 6.08 Å². The molecule has 9 heteroatoms. The molecule has 1 fully saturated rings. The van der Waals surface area contributed by atoms with Gasteiger partial charge in [-0.2, -0.15) is 0 Å². The first-order valence-electron chi connectivity index (χ1n) is 23.0.